The van der Waals surface area contributed by atoms with E-state index in [4.69, 9.17) is 23.8 Å². The van der Waals surface area contributed by atoms with Crippen LogP contribution < -0.4 is 4.18 Å². The molecule has 1 aromatic carbocycles. The van der Waals surface area contributed by atoms with Gasteiger partial charge in [0.15, 0.2) is 0 Å². The summed E-state index contributed by atoms with van der Waals surface area (Å²) in [6.07, 6.45) is 0. The van der Waals surface area contributed by atoms with Crippen molar-refractivity contribution in [1.29, 1.82) is 0 Å². The van der Waals surface area contributed by atoms with Crippen molar-refractivity contribution in [3.05, 3.63) is 29.8 Å². The highest BCUT2D eigenvalue weighted by Gasteiger charge is 2.07. The molecule has 0 radical (unpaired) electrons. The topological polar surface area (TPSA) is 141 Å². The van der Waals surface area contributed by atoms with Crippen LogP contribution in [0.2, 0.25) is 0 Å². The maximum absolute atomic E-state index is 10.3. The summed E-state index contributed by atoms with van der Waals surface area (Å²) >= 11 is 0. The lowest BCUT2D eigenvalue weighted by atomic mass is 10.2. The van der Waals surface area contributed by atoms with Crippen LogP contribution in [-0.2, 0) is 15.0 Å². The normalized spacial score (nSPS) is 11.4. The lowest BCUT2D eigenvalue weighted by Crippen LogP contribution is -2.07. The summed E-state index contributed by atoms with van der Waals surface area (Å²) in [4.78, 5) is 21.6. The van der Waals surface area contributed by atoms with E-state index in [0.717, 1.165) is 0 Å². The van der Waals surface area contributed by atoms with E-state index in [1.165, 1.54) is 6.07 Å². The van der Waals surface area contributed by atoms with Crippen LogP contribution in [0.5, 0.6) is 5.75 Å². The van der Waals surface area contributed by atoms with Gasteiger partial charge in [0.1, 0.15) is 5.75 Å². The molecule has 0 saturated carbocycles. The van der Waals surface area contributed by atoms with E-state index in [1.54, 1.807) is 25.1 Å². The summed E-state index contributed by atoms with van der Waals surface area (Å²) in [5.41, 5.74) is 0.648. The highest BCUT2D eigenvalue weighted by molar-refractivity contribution is 7.81. The zero-order valence-corrected chi connectivity index (χ0v) is 10.3. The maximum atomic E-state index is 10.3. The smallest absolute Gasteiger partial charge is 0.362 e. The number of hydrogen-bond acceptors (Lipinski definition) is 4. The van der Waals surface area contributed by atoms with Crippen LogP contribution in [0.3, 0.4) is 0 Å². The molecule has 0 spiro atoms. The molecule has 8 nitrogen and oxygen atoms in total. The Labute approximate surface area is 97.7 Å². The van der Waals surface area contributed by atoms with E-state index in [2.05, 4.69) is 4.18 Å². The first-order valence-corrected chi connectivity index (χ1v) is 6.93. The van der Waals surface area contributed by atoms with Gasteiger partial charge >= 0.3 is 18.2 Å². The second-order valence-corrected chi connectivity index (χ2v) is 4.84. The van der Waals surface area contributed by atoms with Crippen LogP contribution in [0.1, 0.15) is 5.56 Å². The zero-order chi connectivity index (χ0) is 13.7. The summed E-state index contributed by atoms with van der Waals surface area (Å²) in [7, 11) is -9.04. The van der Waals surface area contributed by atoms with Crippen LogP contribution in [-0.4, -0.2) is 27.7 Å². The van der Waals surface area contributed by atoms with Crippen molar-refractivity contribution in [1.82, 2.24) is 0 Å². The van der Waals surface area contributed by atoms with Crippen molar-refractivity contribution in [2.75, 3.05) is 0 Å². The highest BCUT2D eigenvalue weighted by atomic mass is 32.3. The number of hydrogen-bond donors (Lipinski definition) is 4. The number of aryl methyl sites for hydroxylation is 1. The van der Waals surface area contributed by atoms with Crippen LogP contribution in [0.25, 0.3) is 0 Å². The quantitative estimate of drug-likeness (QED) is 0.447. The van der Waals surface area contributed by atoms with Crippen LogP contribution in [0.4, 0.5) is 0 Å². The van der Waals surface area contributed by atoms with Gasteiger partial charge in [-0.25, -0.2) is 4.57 Å². The molecule has 0 aromatic heterocycles. The molecule has 0 amide bonds. The molecule has 4 N–H and O–H groups in total. The van der Waals surface area contributed by atoms with E-state index in [1.807, 2.05) is 0 Å². The zero-order valence-electron chi connectivity index (χ0n) is 8.59. The molecule has 0 aliphatic heterocycles. The Kier molecular flexibility index (Phi) is 5.76. The average Bonchev–Trinajstić information content (AvgIpc) is 2.03. The maximum Gasteiger partial charge on any atom is 0.466 e. The molecule has 0 saturated heterocycles. The van der Waals surface area contributed by atoms with Crippen molar-refractivity contribution in [2.24, 2.45) is 0 Å². The average molecular weight is 286 g/mol. The summed E-state index contributed by atoms with van der Waals surface area (Å²) in [5, 5.41) is 0. The Morgan fingerprint density at radius 1 is 1.18 bits per heavy atom. The molecule has 0 unspecified atom stereocenters. The highest BCUT2D eigenvalue weighted by Crippen LogP contribution is 2.25. The van der Waals surface area contributed by atoms with Gasteiger partial charge in [-0.3, -0.25) is 4.55 Å². The molecule has 1 rings (SSSR count). The SMILES string of the molecule is Cc1ccccc1OS(=O)(=O)O.O=P(O)(O)O. The van der Waals surface area contributed by atoms with Crippen molar-refractivity contribution in [3.8, 4) is 5.75 Å². The molecule has 0 heterocycles. The van der Waals surface area contributed by atoms with E-state index >= 15 is 0 Å². The Bertz CT molecular complexity index is 496. The Hall–Kier alpha value is -0.960. The fraction of sp³-hybridized carbons (Fsp3) is 0.143. The molecule has 0 fully saturated rings. The molecular formula is C7H11O8PS. The fourth-order valence-corrected chi connectivity index (χ4v) is 1.18. The van der Waals surface area contributed by atoms with Crippen molar-refractivity contribution >= 4 is 18.2 Å². The molecule has 98 valence electrons. The van der Waals surface area contributed by atoms with Crippen molar-refractivity contribution in [3.63, 3.8) is 0 Å². The molecular weight excluding hydrogens is 275 g/mol. The number of phosphoric acid groups is 1. The Morgan fingerprint density at radius 2 is 1.59 bits per heavy atom. The first-order chi connectivity index (χ1) is 7.49. The second kappa shape index (κ2) is 6.10. The Morgan fingerprint density at radius 3 is 1.94 bits per heavy atom. The second-order valence-electron chi connectivity index (χ2n) is 2.79. The minimum Gasteiger partial charge on any atom is -0.362 e. The third kappa shape index (κ3) is 11.3. The predicted molar refractivity (Wildman–Crippen MR) is 57.6 cm³/mol. The number of para-hydroxylation sites is 1. The lowest BCUT2D eigenvalue weighted by molar-refractivity contribution is 0.275. The van der Waals surface area contributed by atoms with E-state index < -0.39 is 18.2 Å². The third-order valence-electron chi connectivity index (χ3n) is 1.29. The van der Waals surface area contributed by atoms with Gasteiger partial charge in [0.2, 0.25) is 0 Å². The fourth-order valence-electron chi connectivity index (χ4n) is 0.763. The molecule has 17 heavy (non-hydrogen) atoms. The number of benzene rings is 1. The van der Waals surface area contributed by atoms with Gasteiger partial charge in [0, 0.05) is 0 Å². The minimum atomic E-state index is -4.64. The van der Waals surface area contributed by atoms with Crippen molar-refractivity contribution < 1.29 is 36.4 Å². The predicted octanol–water partition coefficient (Wildman–Crippen LogP) is 0.248. The van der Waals surface area contributed by atoms with Gasteiger partial charge in [-0.1, -0.05) is 18.2 Å². The first-order valence-electron chi connectivity index (χ1n) is 4.00. The molecule has 10 heteroatoms. The Balaban J connectivity index is 0.000000437. The third-order valence-corrected chi connectivity index (χ3v) is 1.68. The van der Waals surface area contributed by atoms with Gasteiger partial charge in [-0.2, -0.15) is 8.42 Å². The monoisotopic (exact) mass is 286 g/mol. The van der Waals surface area contributed by atoms with Gasteiger partial charge in [0.25, 0.3) is 0 Å². The van der Waals surface area contributed by atoms with Gasteiger partial charge in [-0.15, -0.1) is 0 Å². The van der Waals surface area contributed by atoms with Crippen LogP contribution >= 0.6 is 7.82 Å². The van der Waals surface area contributed by atoms with Crippen molar-refractivity contribution in [2.45, 2.75) is 6.92 Å². The molecule has 0 atom stereocenters. The largest absolute Gasteiger partial charge is 0.466 e. The van der Waals surface area contributed by atoms with E-state index in [-0.39, 0.29) is 5.75 Å². The van der Waals surface area contributed by atoms with Crippen LogP contribution in [0, 0.1) is 6.92 Å². The summed E-state index contributed by atoms with van der Waals surface area (Å²) in [5.74, 6) is 0.139. The molecule has 0 bridgehead atoms. The standard InChI is InChI=1S/C7H8O4S.H3O4P/c1-6-4-2-3-5-7(6)11-12(8,9)10;1-5(2,3)4/h2-5H,1H3,(H,8,9,10);(H3,1,2,3,4). The van der Waals surface area contributed by atoms with E-state index in [9.17, 15) is 8.42 Å². The summed E-state index contributed by atoms with van der Waals surface area (Å²) in [6, 6.07) is 6.50. The molecule has 0 aliphatic carbocycles. The van der Waals surface area contributed by atoms with E-state index in [0.29, 0.717) is 5.56 Å². The summed E-state index contributed by atoms with van der Waals surface area (Å²) < 4.78 is 42.1. The number of rotatable bonds is 2. The minimum absolute atomic E-state index is 0.139. The van der Waals surface area contributed by atoms with Gasteiger partial charge in [-0.05, 0) is 18.6 Å². The van der Waals surface area contributed by atoms with Gasteiger partial charge < -0.3 is 18.9 Å². The lowest BCUT2D eigenvalue weighted by Gasteiger charge is -2.03. The van der Waals surface area contributed by atoms with Gasteiger partial charge in [0.05, 0.1) is 0 Å². The first kappa shape index (κ1) is 16.0. The molecule has 1 aromatic rings. The summed E-state index contributed by atoms with van der Waals surface area (Å²) in [6.45, 7) is 1.68. The molecule has 0 aliphatic rings. The van der Waals surface area contributed by atoms with Crippen LogP contribution in [0.15, 0.2) is 24.3 Å².